The molecular formula is C28H33F4N3O2. The normalized spacial score (nSPS) is 15.7. The van der Waals surface area contributed by atoms with Gasteiger partial charge >= 0.3 is 0 Å². The van der Waals surface area contributed by atoms with Crippen molar-refractivity contribution < 1.29 is 27.4 Å². The molecule has 0 radical (unpaired) electrons. The van der Waals surface area contributed by atoms with Crippen molar-refractivity contribution in [3.8, 4) is 5.75 Å². The van der Waals surface area contributed by atoms with Gasteiger partial charge in [-0.1, -0.05) is 0 Å². The lowest BCUT2D eigenvalue weighted by molar-refractivity contribution is 0.0370. The number of ether oxygens (including phenoxy) is 1. The first-order valence-electron chi connectivity index (χ1n) is 12.6. The summed E-state index contributed by atoms with van der Waals surface area (Å²) in [5.41, 5.74) is 1.78. The first-order valence-corrected chi connectivity index (χ1v) is 12.6. The maximum atomic E-state index is 13.8. The number of alkyl halides is 1. The minimum Gasteiger partial charge on any atom is -0.497 e. The number of anilines is 1. The summed E-state index contributed by atoms with van der Waals surface area (Å²) in [5.74, 6) is -2.15. The molecule has 200 valence electrons. The van der Waals surface area contributed by atoms with Crippen LogP contribution in [0.25, 0.3) is 10.9 Å². The summed E-state index contributed by atoms with van der Waals surface area (Å²) in [6.07, 6.45) is 5.47. The van der Waals surface area contributed by atoms with Gasteiger partial charge in [0.1, 0.15) is 23.9 Å². The number of nitrogens with zero attached hydrogens (tertiary/aromatic N) is 2. The first kappa shape index (κ1) is 27.1. The summed E-state index contributed by atoms with van der Waals surface area (Å²) >= 11 is 0. The number of nitrogens with one attached hydrogen (secondary N) is 1. The third-order valence-corrected chi connectivity index (χ3v) is 7.54. The number of aliphatic hydroxyl groups excluding tert-OH is 1. The van der Waals surface area contributed by atoms with Crippen LogP contribution in [0.4, 0.5) is 23.2 Å². The molecule has 5 nitrogen and oxygen atoms in total. The fourth-order valence-electron chi connectivity index (χ4n) is 5.23. The van der Waals surface area contributed by atoms with E-state index in [0.29, 0.717) is 43.0 Å². The Hall–Kier alpha value is -2.91. The molecular weight excluding hydrogens is 486 g/mol. The predicted molar refractivity (Wildman–Crippen MR) is 136 cm³/mol. The van der Waals surface area contributed by atoms with Gasteiger partial charge in [-0.05, 0) is 74.4 Å². The van der Waals surface area contributed by atoms with Gasteiger partial charge < -0.3 is 20.1 Å². The average molecular weight is 520 g/mol. The van der Waals surface area contributed by atoms with E-state index in [-0.39, 0.29) is 17.7 Å². The van der Waals surface area contributed by atoms with Gasteiger partial charge in [0.05, 0.1) is 12.6 Å². The van der Waals surface area contributed by atoms with Crippen LogP contribution in [0.5, 0.6) is 5.75 Å². The Bertz CT molecular complexity index is 1190. The molecule has 0 aliphatic carbocycles. The summed E-state index contributed by atoms with van der Waals surface area (Å²) in [6.45, 7) is 1.88. The average Bonchev–Trinajstić information content (AvgIpc) is 2.90. The Morgan fingerprint density at radius 1 is 1.11 bits per heavy atom. The standard InChI is InChI=1S/C28H33F4N3O2/c1-37-21-4-5-26-23(15-21)22(19(16-29)17-34-26)3-2-6-28(18-36)7-10-35(11-8-28)12-9-33-27-24(31)13-20(30)14-25(27)32/h4-5,13-15,17,33,36H,2-3,6-12,16,18H2,1H3. The summed E-state index contributed by atoms with van der Waals surface area (Å²) in [6, 6.07) is 6.92. The molecule has 0 atom stereocenters. The van der Waals surface area contributed by atoms with Crippen molar-refractivity contribution in [1.29, 1.82) is 0 Å². The van der Waals surface area contributed by atoms with E-state index < -0.39 is 24.1 Å². The molecule has 0 spiro atoms. The zero-order valence-corrected chi connectivity index (χ0v) is 21.0. The number of methoxy groups -OCH3 is 1. The van der Waals surface area contributed by atoms with Gasteiger partial charge in [-0.3, -0.25) is 4.98 Å². The molecule has 1 fully saturated rings. The first-order chi connectivity index (χ1) is 17.9. The topological polar surface area (TPSA) is 57.6 Å². The Morgan fingerprint density at radius 3 is 2.49 bits per heavy atom. The number of piperidine rings is 1. The highest BCUT2D eigenvalue weighted by Gasteiger charge is 2.33. The Kier molecular flexibility index (Phi) is 8.87. The van der Waals surface area contributed by atoms with E-state index in [0.717, 1.165) is 55.2 Å². The van der Waals surface area contributed by atoms with E-state index in [2.05, 4.69) is 15.2 Å². The van der Waals surface area contributed by atoms with Crippen LogP contribution in [0, 0.1) is 22.9 Å². The second-order valence-corrected chi connectivity index (χ2v) is 9.80. The fourth-order valence-corrected chi connectivity index (χ4v) is 5.23. The SMILES string of the molecule is COc1ccc2ncc(CF)c(CCCC3(CO)CCN(CCNc4c(F)cc(F)cc4F)CC3)c2c1. The van der Waals surface area contributed by atoms with Crippen molar-refractivity contribution in [3.63, 3.8) is 0 Å². The molecule has 2 heterocycles. The minimum atomic E-state index is -0.952. The molecule has 1 aromatic heterocycles. The number of fused-ring (bicyclic) bond motifs is 1. The van der Waals surface area contributed by atoms with Crippen molar-refractivity contribution in [3.05, 3.63) is 65.1 Å². The van der Waals surface area contributed by atoms with E-state index in [1.54, 1.807) is 13.3 Å². The second-order valence-electron chi connectivity index (χ2n) is 9.80. The van der Waals surface area contributed by atoms with Gasteiger partial charge in [-0.15, -0.1) is 0 Å². The van der Waals surface area contributed by atoms with E-state index in [4.69, 9.17) is 4.74 Å². The van der Waals surface area contributed by atoms with Gasteiger partial charge in [0.25, 0.3) is 0 Å². The number of rotatable bonds is 11. The van der Waals surface area contributed by atoms with Crippen molar-refractivity contribution in [2.24, 2.45) is 5.41 Å². The van der Waals surface area contributed by atoms with Crippen LogP contribution >= 0.6 is 0 Å². The number of likely N-dealkylation sites (tertiary alicyclic amines) is 1. The van der Waals surface area contributed by atoms with Crippen molar-refractivity contribution in [1.82, 2.24) is 9.88 Å². The number of hydrogen-bond donors (Lipinski definition) is 2. The highest BCUT2D eigenvalue weighted by atomic mass is 19.1. The fraction of sp³-hybridized carbons (Fsp3) is 0.464. The molecule has 4 rings (SSSR count). The number of aryl methyl sites for hydroxylation is 1. The van der Waals surface area contributed by atoms with Crippen LogP contribution in [0.3, 0.4) is 0 Å². The van der Waals surface area contributed by atoms with Gasteiger partial charge in [-0.2, -0.15) is 0 Å². The largest absolute Gasteiger partial charge is 0.497 e. The molecule has 1 aliphatic heterocycles. The lowest BCUT2D eigenvalue weighted by Gasteiger charge is -2.41. The second kappa shape index (κ2) is 12.1. The van der Waals surface area contributed by atoms with Gasteiger partial charge in [0, 0.05) is 49.0 Å². The van der Waals surface area contributed by atoms with Crippen LogP contribution in [-0.2, 0) is 13.1 Å². The molecule has 37 heavy (non-hydrogen) atoms. The van der Waals surface area contributed by atoms with Gasteiger partial charge in [0.15, 0.2) is 11.6 Å². The molecule has 2 aromatic carbocycles. The Labute approximate surface area is 214 Å². The van der Waals surface area contributed by atoms with Crippen molar-refractivity contribution >= 4 is 16.6 Å². The third-order valence-electron chi connectivity index (χ3n) is 7.54. The number of aromatic nitrogens is 1. The molecule has 2 N–H and O–H groups in total. The summed E-state index contributed by atoms with van der Waals surface area (Å²) < 4.78 is 59.8. The maximum absolute atomic E-state index is 13.8. The smallest absolute Gasteiger partial charge is 0.152 e. The monoisotopic (exact) mass is 519 g/mol. The molecule has 9 heteroatoms. The number of benzene rings is 2. The van der Waals surface area contributed by atoms with Crippen molar-refractivity contribution in [2.75, 3.05) is 45.2 Å². The summed E-state index contributed by atoms with van der Waals surface area (Å²) in [7, 11) is 1.60. The van der Waals surface area contributed by atoms with Crippen LogP contribution in [-0.4, -0.2) is 54.9 Å². The molecule has 0 unspecified atom stereocenters. The highest BCUT2D eigenvalue weighted by molar-refractivity contribution is 5.84. The van der Waals surface area contributed by atoms with Gasteiger partial charge in [-0.25, -0.2) is 17.6 Å². The number of aliphatic hydroxyl groups is 1. The van der Waals surface area contributed by atoms with Crippen LogP contribution in [0.15, 0.2) is 36.5 Å². The quantitative estimate of drug-likeness (QED) is 0.321. The molecule has 1 aliphatic rings. The number of pyridine rings is 1. The maximum Gasteiger partial charge on any atom is 0.152 e. The van der Waals surface area contributed by atoms with Crippen molar-refractivity contribution in [2.45, 2.75) is 38.8 Å². The molecule has 1 saturated heterocycles. The zero-order chi connectivity index (χ0) is 26.4. The molecule has 0 saturated carbocycles. The Balaban J connectivity index is 1.32. The van der Waals surface area contributed by atoms with Crippen LogP contribution in [0.2, 0.25) is 0 Å². The van der Waals surface area contributed by atoms with Gasteiger partial charge in [0.2, 0.25) is 0 Å². The van der Waals surface area contributed by atoms with Crippen LogP contribution < -0.4 is 10.1 Å². The van der Waals surface area contributed by atoms with E-state index >= 15 is 0 Å². The lowest BCUT2D eigenvalue weighted by atomic mass is 9.75. The number of halogens is 4. The molecule has 0 amide bonds. The summed E-state index contributed by atoms with van der Waals surface area (Å²) in [5, 5.41) is 13.9. The molecule has 3 aromatic rings. The zero-order valence-electron chi connectivity index (χ0n) is 21.0. The van der Waals surface area contributed by atoms with Crippen LogP contribution in [0.1, 0.15) is 36.8 Å². The predicted octanol–water partition coefficient (Wildman–Crippen LogP) is 5.64. The summed E-state index contributed by atoms with van der Waals surface area (Å²) in [4.78, 5) is 6.56. The third kappa shape index (κ3) is 6.33. The van der Waals surface area contributed by atoms with E-state index in [1.807, 2.05) is 18.2 Å². The molecule has 0 bridgehead atoms. The Morgan fingerprint density at radius 2 is 1.84 bits per heavy atom. The highest BCUT2D eigenvalue weighted by Crippen LogP contribution is 2.37. The van der Waals surface area contributed by atoms with E-state index in [1.165, 1.54) is 0 Å². The minimum absolute atomic E-state index is 0.0754. The van der Waals surface area contributed by atoms with E-state index in [9.17, 15) is 22.7 Å². The lowest BCUT2D eigenvalue weighted by Crippen LogP contribution is -2.43. The number of hydrogen-bond acceptors (Lipinski definition) is 5.